The van der Waals surface area contributed by atoms with E-state index in [0.717, 1.165) is 5.56 Å². The van der Waals surface area contributed by atoms with Crippen LogP contribution in [-0.4, -0.2) is 70.1 Å². The van der Waals surface area contributed by atoms with E-state index in [1.54, 1.807) is 43.0 Å². The Morgan fingerprint density at radius 2 is 1.56 bits per heavy atom. The van der Waals surface area contributed by atoms with Crippen molar-refractivity contribution < 1.29 is 42.9 Å². The number of aliphatic hydroxyl groups excluding tert-OH is 1. The van der Waals surface area contributed by atoms with E-state index in [1.807, 2.05) is 0 Å². The van der Waals surface area contributed by atoms with Gasteiger partial charge in [0.1, 0.15) is 34.7 Å². The highest BCUT2D eigenvalue weighted by atomic mass is 32.2. The lowest BCUT2D eigenvalue weighted by molar-refractivity contribution is -0.142. The Hall–Kier alpha value is -4.53. The van der Waals surface area contributed by atoms with Gasteiger partial charge in [-0.2, -0.15) is 0 Å². The standard InChI is InChI=1S/C36H42F2N4O7S/c1-21(2)31(34(45)40-28(36(47)48)5-3-4-18-39)41-30(44)19-49-27-16-8-23(9-17-27)32-33(35(46)42(32)26-14-12-25(38)13-15-26)50-20-29(43)22-6-10-24(37)11-7-22/h6-17,21,28-29,31-33,43H,3-5,18-20,39H2,1-2H3,(H,40,45)(H,41,44)(H,47,48)/t28-,29?,31-,32-,33-/m1/s1. The summed E-state index contributed by atoms with van der Waals surface area (Å²) in [4.78, 5) is 52.2. The molecule has 1 aliphatic heterocycles. The van der Waals surface area contributed by atoms with Gasteiger partial charge in [-0.3, -0.25) is 14.4 Å². The monoisotopic (exact) mass is 712 g/mol. The number of benzene rings is 3. The molecule has 0 spiro atoms. The third-order valence-corrected chi connectivity index (χ3v) is 9.58. The molecule has 0 bridgehead atoms. The molecule has 0 aliphatic carbocycles. The molecular weight excluding hydrogens is 670 g/mol. The van der Waals surface area contributed by atoms with Gasteiger partial charge in [0.2, 0.25) is 11.8 Å². The number of amides is 3. The molecule has 3 aromatic carbocycles. The first-order valence-corrected chi connectivity index (χ1v) is 17.3. The van der Waals surface area contributed by atoms with E-state index in [4.69, 9.17) is 10.5 Å². The van der Waals surface area contributed by atoms with Crippen LogP contribution in [0.15, 0.2) is 72.8 Å². The number of nitrogens with one attached hydrogen (secondary N) is 2. The van der Waals surface area contributed by atoms with E-state index in [9.17, 15) is 38.2 Å². The minimum Gasteiger partial charge on any atom is -0.484 e. The molecule has 1 heterocycles. The SMILES string of the molecule is CC(C)[C@@H](NC(=O)COc1ccc([C@@H]2[C@@H](SCC(O)c3ccc(F)cc3)C(=O)N2c2ccc(F)cc2)cc1)C(=O)N[C@H](CCCCN)C(=O)O. The number of thioether (sulfide) groups is 1. The maximum Gasteiger partial charge on any atom is 0.326 e. The zero-order valence-corrected chi connectivity index (χ0v) is 28.6. The molecule has 3 aromatic rings. The first-order valence-electron chi connectivity index (χ1n) is 16.3. The number of hydrogen-bond acceptors (Lipinski definition) is 8. The van der Waals surface area contributed by atoms with Crippen molar-refractivity contribution in [3.05, 3.63) is 95.6 Å². The second-order valence-corrected chi connectivity index (χ2v) is 13.5. The maximum atomic E-state index is 13.7. The number of ether oxygens (including phenoxy) is 1. The fraction of sp³-hybridized carbons (Fsp3) is 0.389. The molecule has 11 nitrogen and oxygen atoms in total. The van der Waals surface area contributed by atoms with E-state index < -0.39 is 65.5 Å². The molecule has 268 valence electrons. The lowest BCUT2D eigenvalue weighted by Crippen LogP contribution is -2.57. The molecule has 50 heavy (non-hydrogen) atoms. The first kappa shape index (κ1) is 38.3. The number of halogens is 2. The number of carboxylic acids is 1. The Bertz CT molecular complexity index is 1610. The first-order chi connectivity index (χ1) is 23.9. The van der Waals surface area contributed by atoms with Crippen LogP contribution in [0.25, 0.3) is 0 Å². The van der Waals surface area contributed by atoms with Gasteiger partial charge in [0.25, 0.3) is 5.91 Å². The van der Waals surface area contributed by atoms with Crippen LogP contribution in [0.5, 0.6) is 5.75 Å². The van der Waals surface area contributed by atoms with Crippen molar-refractivity contribution in [3.63, 3.8) is 0 Å². The van der Waals surface area contributed by atoms with Crippen molar-refractivity contribution in [1.29, 1.82) is 0 Å². The molecule has 1 unspecified atom stereocenters. The minimum absolute atomic E-state index is 0.173. The fourth-order valence-electron chi connectivity index (χ4n) is 5.49. The quantitative estimate of drug-likeness (QED) is 0.0962. The summed E-state index contributed by atoms with van der Waals surface area (Å²) in [5.74, 6) is -3.28. The summed E-state index contributed by atoms with van der Waals surface area (Å²) in [5, 5.41) is 24.7. The van der Waals surface area contributed by atoms with Crippen LogP contribution in [0, 0.1) is 17.6 Å². The summed E-state index contributed by atoms with van der Waals surface area (Å²) >= 11 is 1.26. The number of anilines is 1. The average Bonchev–Trinajstić information content (AvgIpc) is 3.09. The van der Waals surface area contributed by atoms with Crippen molar-refractivity contribution in [2.45, 2.75) is 62.6 Å². The number of rotatable bonds is 18. The molecule has 5 atom stereocenters. The highest BCUT2D eigenvalue weighted by Crippen LogP contribution is 2.46. The summed E-state index contributed by atoms with van der Waals surface area (Å²) in [6.07, 6.45) is 0.429. The normalized spacial score (nSPS) is 17.4. The number of aliphatic carboxylic acids is 1. The van der Waals surface area contributed by atoms with Crippen LogP contribution >= 0.6 is 11.8 Å². The van der Waals surface area contributed by atoms with Crippen LogP contribution in [0.1, 0.15) is 56.4 Å². The summed E-state index contributed by atoms with van der Waals surface area (Å²) in [6, 6.07) is 15.2. The molecule has 4 rings (SSSR count). The van der Waals surface area contributed by atoms with Crippen LogP contribution in [0.3, 0.4) is 0 Å². The van der Waals surface area contributed by atoms with Gasteiger partial charge < -0.3 is 36.2 Å². The van der Waals surface area contributed by atoms with Crippen molar-refractivity contribution in [1.82, 2.24) is 10.6 Å². The van der Waals surface area contributed by atoms with Gasteiger partial charge in [0.05, 0.1) is 12.1 Å². The predicted molar refractivity (Wildman–Crippen MR) is 185 cm³/mol. The molecular formula is C36H42F2N4O7S. The predicted octanol–water partition coefficient (Wildman–Crippen LogP) is 4.11. The van der Waals surface area contributed by atoms with Crippen LogP contribution < -0.4 is 26.0 Å². The second-order valence-electron chi connectivity index (χ2n) is 12.3. The highest BCUT2D eigenvalue weighted by Gasteiger charge is 2.49. The highest BCUT2D eigenvalue weighted by molar-refractivity contribution is 8.00. The van der Waals surface area contributed by atoms with E-state index in [2.05, 4.69) is 10.6 Å². The average molecular weight is 713 g/mol. The minimum atomic E-state index is -1.17. The largest absolute Gasteiger partial charge is 0.484 e. The Labute approximate surface area is 293 Å². The number of hydrogen-bond donors (Lipinski definition) is 5. The Balaban J connectivity index is 1.39. The number of carboxylic acid groups (broad SMARTS) is 1. The lowest BCUT2D eigenvalue weighted by Gasteiger charge is -2.47. The van der Waals surface area contributed by atoms with Crippen molar-refractivity contribution >= 4 is 41.1 Å². The number of nitrogens with two attached hydrogens (primary N) is 1. The molecule has 0 aromatic heterocycles. The number of unbranched alkanes of at least 4 members (excludes halogenated alkanes) is 1. The number of carbonyl (C=O) groups is 4. The summed E-state index contributed by atoms with van der Waals surface area (Å²) in [5.41, 5.74) is 7.24. The fourth-order valence-corrected chi connectivity index (χ4v) is 6.79. The Morgan fingerprint density at radius 3 is 2.14 bits per heavy atom. The maximum absolute atomic E-state index is 13.7. The van der Waals surface area contributed by atoms with Gasteiger partial charge in [-0.25, -0.2) is 13.6 Å². The zero-order valence-electron chi connectivity index (χ0n) is 27.8. The van der Waals surface area contributed by atoms with Crippen molar-refractivity contribution in [2.24, 2.45) is 11.7 Å². The van der Waals surface area contributed by atoms with Gasteiger partial charge in [-0.15, -0.1) is 11.8 Å². The number of nitrogens with zero attached hydrogens (tertiary/aromatic N) is 1. The summed E-state index contributed by atoms with van der Waals surface area (Å²) in [6.45, 7) is 3.44. The van der Waals surface area contributed by atoms with Gasteiger partial charge in [-0.05, 0) is 91.4 Å². The summed E-state index contributed by atoms with van der Waals surface area (Å²) < 4.78 is 32.7. The van der Waals surface area contributed by atoms with Crippen molar-refractivity contribution in [2.75, 3.05) is 23.8 Å². The second kappa shape index (κ2) is 17.9. The smallest absolute Gasteiger partial charge is 0.326 e. The van der Waals surface area contributed by atoms with E-state index in [1.165, 1.54) is 60.3 Å². The van der Waals surface area contributed by atoms with Gasteiger partial charge in [0, 0.05) is 11.4 Å². The number of β-lactam (4-membered cyclic amide) rings is 1. The molecule has 3 amide bonds. The number of carbonyl (C=O) groups excluding carboxylic acids is 3. The van der Waals surface area contributed by atoms with Crippen LogP contribution in [0.2, 0.25) is 0 Å². The Morgan fingerprint density at radius 1 is 0.940 bits per heavy atom. The van der Waals surface area contributed by atoms with E-state index in [0.29, 0.717) is 36.4 Å². The van der Waals surface area contributed by atoms with Gasteiger partial charge in [-0.1, -0.05) is 38.1 Å². The van der Waals surface area contributed by atoms with Crippen LogP contribution in [-0.2, 0) is 19.2 Å². The molecule has 6 N–H and O–H groups in total. The molecule has 1 aliphatic rings. The van der Waals surface area contributed by atoms with E-state index in [-0.39, 0.29) is 24.0 Å². The molecule has 1 fully saturated rings. The third kappa shape index (κ3) is 10.0. The number of aliphatic hydroxyl groups is 1. The Kier molecular flexibility index (Phi) is 13.7. The lowest BCUT2D eigenvalue weighted by atomic mass is 9.92. The van der Waals surface area contributed by atoms with Gasteiger partial charge in [0.15, 0.2) is 6.61 Å². The van der Waals surface area contributed by atoms with E-state index >= 15 is 0 Å². The molecule has 1 saturated heterocycles. The molecule has 0 radical (unpaired) electrons. The van der Waals surface area contributed by atoms with Crippen LogP contribution in [0.4, 0.5) is 14.5 Å². The topological polar surface area (TPSA) is 171 Å². The van der Waals surface area contributed by atoms with Crippen molar-refractivity contribution in [3.8, 4) is 5.75 Å². The molecule has 14 heteroatoms. The summed E-state index contributed by atoms with van der Waals surface area (Å²) in [7, 11) is 0. The molecule has 0 saturated carbocycles. The zero-order chi connectivity index (χ0) is 36.4. The van der Waals surface area contributed by atoms with Gasteiger partial charge >= 0.3 is 5.97 Å². The third-order valence-electron chi connectivity index (χ3n) is 8.26.